The summed E-state index contributed by atoms with van der Waals surface area (Å²) in [5.74, 6) is -0.953. The van der Waals surface area contributed by atoms with E-state index in [0.29, 0.717) is 19.3 Å². The summed E-state index contributed by atoms with van der Waals surface area (Å²) in [7, 11) is -4.00. The number of nitrogens with zero attached hydrogens (tertiary/aromatic N) is 1. The molecule has 2 aliphatic rings. The number of hydrogen-bond acceptors (Lipinski definition) is 5. The van der Waals surface area contributed by atoms with E-state index in [1.165, 1.54) is 24.5 Å². The number of benzene rings is 1. The zero-order chi connectivity index (χ0) is 22.1. The highest BCUT2D eigenvalue weighted by Gasteiger charge is 2.40. The smallest absolute Gasteiger partial charge is 0.264 e. The van der Waals surface area contributed by atoms with Crippen molar-refractivity contribution in [2.75, 3.05) is 0 Å². The van der Waals surface area contributed by atoms with Crippen molar-refractivity contribution in [2.24, 2.45) is 5.41 Å². The van der Waals surface area contributed by atoms with Crippen molar-refractivity contribution in [2.45, 2.75) is 69.5 Å². The predicted molar refractivity (Wildman–Crippen MR) is 111 cm³/mol. The summed E-state index contributed by atoms with van der Waals surface area (Å²) >= 11 is 0. The number of sulfonamides is 1. The van der Waals surface area contributed by atoms with Gasteiger partial charge in [0.05, 0.1) is 17.4 Å². The number of hydrogen-bond donors (Lipinski definition) is 3. The van der Waals surface area contributed by atoms with Gasteiger partial charge in [0.1, 0.15) is 6.04 Å². The van der Waals surface area contributed by atoms with Gasteiger partial charge < -0.3 is 15.7 Å². The number of aliphatic hydroxyl groups is 1. The van der Waals surface area contributed by atoms with Crippen molar-refractivity contribution >= 4 is 21.8 Å². The number of carbonyl (C=O) groups excluding carboxylic acids is 2. The molecular formula is C21H29N3O5S. The average molecular weight is 436 g/mol. The molecule has 1 fully saturated rings. The number of nitrogens with one attached hydrogen (secondary N) is 2. The molecule has 0 aromatic heterocycles. The highest BCUT2D eigenvalue weighted by molar-refractivity contribution is 7.89. The van der Waals surface area contributed by atoms with Crippen LogP contribution in [0.4, 0.5) is 0 Å². The Bertz CT molecular complexity index is 940. The van der Waals surface area contributed by atoms with Crippen molar-refractivity contribution in [1.29, 1.82) is 0 Å². The first kappa shape index (κ1) is 22.3. The lowest BCUT2D eigenvalue weighted by atomic mass is 9.72. The summed E-state index contributed by atoms with van der Waals surface area (Å²) in [6, 6.07) is 5.00. The van der Waals surface area contributed by atoms with Crippen LogP contribution < -0.4 is 10.6 Å². The molecule has 1 aliphatic carbocycles. The summed E-state index contributed by atoms with van der Waals surface area (Å²) in [6.45, 7) is 5.80. The second-order valence-corrected chi connectivity index (χ2v) is 10.6. The fourth-order valence-electron chi connectivity index (χ4n) is 4.07. The fraction of sp³-hybridized carbons (Fsp3) is 0.524. The lowest BCUT2D eigenvalue weighted by molar-refractivity contribution is -0.130. The molecule has 1 aliphatic heterocycles. The molecule has 3 N–H and O–H groups in total. The molecule has 0 saturated heterocycles. The molecule has 0 unspecified atom stereocenters. The Kier molecular flexibility index (Phi) is 6.24. The number of aliphatic hydroxyl groups excluding tert-OH is 1. The van der Waals surface area contributed by atoms with Crippen LogP contribution >= 0.6 is 0 Å². The van der Waals surface area contributed by atoms with Crippen LogP contribution in [0.1, 0.15) is 45.1 Å². The number of aryl methyl sites for hydroxylation is 1. The number of amides is 2. The molecule has 164 valence electrons. The van der Waals surface area contributed by atoms with Gasteiger partial charge >= 0.3 is 0 Å². The van der Waals surface area contributed by atoms with Crippen LogP contribution in [0.25, 0.3) is 0 Å². The van der Waals surface area contributed by atoms with Crippen molar-refractivity contribution < 1.29 is 23.1 Å². The normalized spacial score (nSPS) is 26.2. The summed E-state index contributed by atoms with van der Waals surface area (Å²) < 4.78 is 27.2. The SMILES string of the molecule is Cc1ccc(S(=O)(=O)N2C=CNC(=O)[C@H]2CC(=O)N[C@@H]2CC[C@H](O)CC2(C)C)cc1. The van der Waals surface area contributed by atoms with E-state index < -0.39 is 34.0 Å². The predicted octanol–water partition coefficient (Wildman–Crippen LogP) is 1.40. The molecule has 9 heteroatoms. The van der Waals surface area contributed by atoms with Gasteiger partial charge in [-0.25, -0.2) is 8.42 Å². The first-order valence-electron chi connectivity index (χ1n) is 10.1. The minimum absolute atomic E-state index is 0.0558. The largest absolute Gasteiger partial charge is 0.393 e. The Labute approximate surface area is 177 Å². The monoisotopic (exact) mass is 435 g/mol. The van der Waals surface area contributed by atoms with E-state index >= 15 is 0 Å². The lowest BCUT2D eigenvalue weighted by Crippen LogP contribution is -2.54. The van der Waals surface area contributed by atoms with Crippen LogP contribution in [0, 0.1) is 12.3 Å². The van der Waals surface area contributed by atoms with Gasteiger partial charge in [-0.2, -0.15) is 0 Å². The number of rotatable bonds is 5. The van der Waals surface area contributed by atoms with Gasteiger partial charge in [-0.15, -0.1) is 0 Å². The zero-order valence-electron chi connectivity index (χ0n) is 17.5. The van der Waals surface area contributed by atoms with E-state index in [0.717, 1.165) is 9.87 Å². The molecule has 1 aromatic rings. The van der Waals surface area contributed by atoms with Crippen LogP contribution in [0.15, 0.2) is 41.6 Å². The average Bonchev–Trinajstić information content (AvgIpc) is 2.65. The van der Waals surface area contributed by atoms with E-state index in [2.05, 4.69) is 10.6 Å². The molecule has 30 heavy (non-hydrogen) atoms. The Morgan fingerprint density at radius 2 is 1.93 bits per heavy atom. The van der Waals surface area contributed by atoms with Crippen molar-refractivity contribution in [3.05, 3.63) is 42.2 Å². The van der Waals surface area contributed by atoms with E-state index in [4.69, 9.17) is 0 Å². The third-order valence-corrected chi connectivity index (χ3v) is 7.66. The molecule has 1 saturated carbocycles. The molecule has 1 heterocycles. The van der Waals surface area contributed by atoms with E-state index in [9.17, 15) is 23.1 Å². The lowest BCUT2D eigenvalue weighted by Gasteiger charge is -2.41. The molecular weight excluding hydrogens is 406 g/mol. The van der Waals surface area contributed by atoms with Crippen molar-refractivity contribution in [1.82, 2.24) is 14.9 Å². The van der Waals surface area contributed by atoms with Crippen molar-refractivity contribution in [3.63, 3.8) is 0 Å². The van der Waals surface area contributed by atoms with Crippen LogP contribution in [0.2, 0.25) is 0 Å². The van der Waals surface area contributed by atoms with Crippen LogP contribution in [-0.4, -0.2) is 47.8 Å². The van der Waals surface area contributed by atoms with Crippen LogP contribution in [0.3, 0.4) is 0 Å². The third kappa shape index (κ3) is 4.67. The summed E-state index contributed by atoms with van der Waals surface area (Å²) in [4.78, 5) is 25.3. The summed E-state index contributed by atoms with van der Waals surface area (Å²) in [5, 5.41) is 15.3. The van der Waals surface area contributed by atoms with Gasteiger partial charge in [-0.05, 0) is 43.7 Å². The first-order valence-corrected chi connectivity index (χ1v) is 11.5. The molecule has 3 atom stereocenters. The van der Waals surface area contributed by atoms with E-state index in [-0.39, 0.29) is 22.8 Å². The highest BCUT2D eigenvalue weighted by Crippen LogP contribution is 2.35. The van der Waals surface area contributed by atoms with Gasteiger partial charge in [0, 0.05) is 18.4 Å². The maximum Gasteiger partial charge on any atom is 0.264 e. The standard InChI is InChI=1S/C21H29N3O5S/c1-14-4-7-16(8-5-14)30(28,29)24-11-10-22-20(27)17(24)12-19(26)23-18-9-6-15(25)13-21(18,2)3/h4-5,7-8,10-11,15,17-18,25H,6,9,12-13H2,1-3H3,(H,22,27)(H,23,26)/t15-,17+,18+/m0/s1. The van der Waals surface area contributed by atoms with Gasteiger partial charge in [0.15, 0.2) is 0 Å². The van der Waals surface area contributed by atoms with Gasteiger partial charge in [0.25, 0.3) is 10.0 Å². The van der Waals surface area contributed by atoms with Gasteiger partial charge in [-0.1, -0.05) is 31.5 Å². The van der Waals surface area contributed by atoms with E-state index in [1.54, 1.807) is 12.1 Å². The second-order valence-electron chi connectivity index (χ2n) is 8.74. The molecule has 0 spiro atoms. The van der Waals surface area contributed by atoms with Crippen LogP contribution in [-0.2, 0) is 19.6 Å². The fourth-order valence-corrected chi connectivity index (χ4v) is 5.52. The zero-order valence-corrected chi connectivity index (χ0v) is 18.3. The Morgan fingerprint density at radius 1 is 1.27 bits per heavy atom. The maximum atomic E-state index is 13.1. The Balaban J connectivity index is 1.77. The molecule has 8 nitrogen and oxygen atoms in total. The number of carbonyl (C=O) groups is 2. The van der Waals surface area contributed by atoms with Gasteiger partial charge in [0.2, 0.25) is 11.8 Å². The quantitative estimate of drug-likeness (QED) is 0.647. The molecule has 0 bridgehead atoms. The third-order valence-electron chi connectivity index (χ3n) is 5.86. The van der Waals surface area contributed by atoms with E-state index in [1.807, 2.05) is 20.8 Å². The van der Waals surface area contributed by atoms with Crippen LogP contribution in [0.5, 0.6) is 0 Å². The summed E-state index contributed by atoms with van der Waals surface area (Å²) in [5.41, 5.74) is 0.618. The second kappa shape index (κ2) is 8.39. The minimum atomic E-state index is -4.00. The van der Waals surface area contributed by atoms with Crippen molar-refractivity contribution in [3.8, 4) is 0 Å². The Hall–Kier alpha value is -2.39. The Morgan fingerprint density at radius 3 is 2.57 bits per heavy atom. The molecule has 1 aromatic carbocycles. The molecule has 3 rings (SSSR count). The highest BCUT2D eigenvalue weighted by atomic mass is 32.2. The topological polar surface area (TPSA) is 116 Å². The minimum Gasteiger partial charge on any atom is -0.393 e. The maximum absolute atomic E-state index is 13.1. The molecule has 2 amide bonds. The van der Waals surface area contributed by atoms with Gasteiger partial charge in [-0.3, -0.25) is 13.9 Å². The summed E-state index contributed by atoms with van der Waals surface area (Å²) in [6.07, 6.45) is 3.63. The molecule has 0 radical (unpaired) electrons. The first-order chi connectivity index (χ1) is 14.0.